The third kappa shape index (κ3) is 2.28. The SMILES string of the molecule is CCCCCC12CN(C)P(N(C)C1)N(C)C2. The minimum absolute atomic E-state index is 0.138. The summed E-state index contributed by atoms with van der Waals surface area (Å²) in [5.41, 5.74) is 0.546. The third-order valence-electron chi connectivity index (χ3n) is 3.92. The lowest BCUT2D eigenvalue weighted by molar-refractivity contribution is 0.0739. The average molecular weight is 243 g/mol. The zero-order valence-corrected chi connectivity index (χ0v) is 12.1. The summed E-state index contributed by atoms with van der Waals surface area (Å²) < 4.78 is 7.73. The van der Waals surface area contributed by atoms with Crippen molar-refractivity contribution in [3.8, 4) is 0 Å². The summed E-state index contributed by atoms with van der Waals surface area (Å²) in [6.07, 6.45) is 5.55. The van der Waals surface area contributed by atoms with E-state index in [4.69, 9.17) is 0 Å². The first-order valence-corrected chi connectivity index (χ1v) is 7.71. The van der Waals surface area contributed by atoms with Gasteiger partial charge in [-0.05, 0) is 27.6 Å². The molecule has 0 aromatic rings. The molecule has 0 atom stereocenters. The van der Waals surface area contributed by atoms with Crippen molar-refractivity contribution in [1.82, 2.24) is 14.0 Å². The molecule has 3 heterocycles. The van der Waals surface area contributed by atoms with Crippen LogP contribution < -0.4 is 0 Å². The second-order valence-corrected chi connectivity index (χ2v) is 8.26. The van der Waals surface area contributed by atoms with Crippen LogP contribution in [0.2, 0.25) is 0 Å². The van der Waals surface area contributed by atoms with Gasteiger partial charge in [0, 0.05) is 25.0 Å². The van der Waals surface area contributed by atoms with Crippen LogP contribution in [-0.4, -0.2) is 54.8 Å². The lowest BCUT2D eigenvalue weighted by atomic mass is 9.81. The van der Waals surface area contributed by atoms with Crippen LogP contribution in [0.1, 0.15) is 32.6 Å². The molecule has 0 radical (unpaired) electrons. The molecule has 0 aromatic carbocycles. The molecular weight excluding hydrogens is 217 g/mol. The molecular formula is C12H26N3P. The molecule has 0 amide bonds. The Hall–Kier alpha value is 0.310. The molecule has 0 aromatic heterocycles. The van der Waals surface area contributed by atoms with Gasteiger partial charge in [-0.3, -0.25) is 14.0 Å². The fraction of sp³-hybridized carbons (Fsp3) is 1.00. The molecule has 0 N–H and O–H groups in total. The fourth-order valence-corrected chi connectivity index (χ4v) is 6.41. The Morgan fingerprint density at radius 1 is 0.938 bits per heavy atom. The zero-order chi connectivity index (χ0) is 11.8. The topological polar surface area (TPSA) is 9.72 Å². The van der Waals surface area contributed by atoms with Gasteiger partial charge in [-0.25, -0.2) is 0 Å². The fourth-order valence-electron chi connectivity index (χ4n) is 3.57. The highest BCUT2D eigenvalue weighted by Gasteiger charge is 2.48. The first-order chi connectivity index (χ1) is 7.58. The summed E-state index contributed by atoms with van der Waals surface area (Å²) in [7, 11) is 6.75. The van der Waals surface area contributed by atoms with Crippen LogP contribution in [0.25, 0.3) is 0 Å². The Morgan fingerprint density at radius 3 is 1.88 bits per heavy atom. The summed E-state index contributed by atoms with van der Waals surface area (Å²) in [4.78, 5) is 0. The minimum atomic E-state index is -0.138. The summed E-state index contributed by atoms with van der Waals surface area (Å²) >= 11 is 0. The summed E-state index contributed by atoms with van der Waals surface area (Å²) in [5, 5.41) is 0. The van der Waals surface area contributed by atoms with Crippen molar-refractivity contribution >= 4 is 8.37 Å². The highest BCUT2D eigenvalue weighted by molar-refractivity contribution is 7.50. The van der Waals surface area contributed by atoms with Crippen LogP contribution in [0, 0.1) is 5.41 Å². The standard InChI is InChI=1S/C12H26N3P/c1-5-6-7-8-12-9-13(2)16(14(3)10-12)15(4)11-12/h5-11H2,1-4H3. The van der Waals surface area contributed by atoms with Crippen LogP contribution in [0.15, 0.2) is 0 Å². The van der Waals surface area contributed by atoms with Gasteiger partial charge in [-0.15, -0.1) is 0 Å². The molecule has 3 aliphatic heterocycles. The quantitative estimate of drug-likeness (QED) is 0.555. The van der Waals surface area contributed by atoms with Crippen LogP contribution in [0.4, 0.5) is 0 Å². The summed E-state index contributed by atoms with van der Waals surface area (Å²) in [5.74, 6) is 0. The van der Waals surface area contributed by atoms with Crippen LogP contribution in [0.5, 0.6) is 0 Å². The molecule has 3 nitrogen and oxygen atoms in total. The molecule has 0 aliphatic carbocycles. The van der Waals surface area contributed by atoms with E-state index < -0.39 is 0 Å². The van der Waals surface area contributed by atoms with Crippen LogP contribution in [-0.2, 0) is 0 Å². The first-order valence-electron chi connectivity index (χ1n) is 6.51. The van der Waals surface area contributed by atoms with E-state index in [0.29, 0.717) is 5.41 Å². The van der Waals surface area contributed by atoms with E-state index in [0.717, 1.165) is 0 Å². The smallest absolute Gasteiger partial charge is 0.119 e. The molecule has 2 bridgehead atoms. The van der Waals surface area contributed by atoms with Crippen molar-refractivity contribution in [3.05, 3.63) is 0 Å². The van der Waals surface area contributed by atoms with Gasteiger partial charge in [-0.1, -0.05) is 26.2 Å². The molecule has 0 saturated carbocycles. The lowest BCUT2D eigenvalue weighted by Crippen LogP contribution is -2.60. The number of nitrogens with zero attached hydrogens (tertiary/aromatic N) is 3. The normalized spacial score (nSPS) is 37.1. The highest BCUT2D eigenvalue weighted by Crippen LogP contribution is 2.58. The van der Waals surface area contributed by atoms with E-state index in [1.54, 1.807) is 0 Å². The van der Waals surface area contributed by atoms with Gasteiger partial charge < -0.3 is 0 Å². The Balaban J connectivity index is 2.02. The second kappa shape index (κ2) is 4.89. The monoisotopic (exact) mass is 243 g/mol. The van der Waals surface area contributed by atoms with Crippen molar-refractivity contribution < 1.29 is 0 Å². The van der Waals surface area contributed by atoms with Gasteiger partial charge in [-0.2, -0.15) is 0 Å². The molecule has 3 saturated heterocycles. The van der Waals surface area contributed by atoms with Crippen LogP contribution in [0.3, 0.4) is 0 Å². The summed E-state index contributed by atoms with van der Waals surface area (Å²) in [6.45, 7) is 6.24. The van der Waals surface area contributed by atoms with Gasteiger partial charge in [0.05, 0.1) is 0 Å². The largest absolute Gasteiger partial charge is 0.260 e. The van der Waals surface area contributed by atoms with Gasteiger partial charge in [0.2, 0.25) is 0 Å². The van der Waals surface area contributed by atoms with Crippen LogP contribution >= 0.6 is 8.37 Å². The van der Waals surface area contributed by atoms with Crippen molar-refractivity contribution in [1.29, 1.82) is 0 Å². The number of hydrogen-bond acceptors (Lipinski definition) is 3. The van der Waals surface area contributed by atoms with Gasteiger partial charge in [0.15, 0.2) is 0 Å². The van der Waals surface area contributed by atoms with E-state index in [2.05, 4.69) is 42.1 Å². The first kappa shape index (κ1) is 12.8. The van der Waals surface area contributed by atoms with Gasteiger partial charge in [0.1, 0.15) is 8.37 Å². The summed E-state index contributed by atoms with van der Waals surface area (Å²) in [6, 6.07) is 0. The average Bonchev–Trinajstić information content (AvgIpc) is 2.15. The van der Waals surface area contributed by atoms with Crippen molar-refractivity contribution in [3.63, 3.8) is 0 Å². The maximum atomic E-state index is 2.58. The Kier molecular flexibility index (Phi) is 3.90. The predicted molar refractivity (Wildman–Crippen MR) is 71.4 cm³/mol. The number of rotatable bonds is 4. The van der Waals surface area contributed by atoms with Crippen molar-refractivity contribution in [2.75, 3.05) is 40.8 Å². The maximum Gasteiger partial charge on any atom is 0.119 e. The molecule has 3 rings (SSSR count). The van der Waals surface area contributed by atoms with E-state index in [1.165, 1.54) is 45.3 Å². The maximum absolute atomic E-state index is 2.58. The highest BCUT2D eigenvalue weighted by atomic mass is 31.2. The second-order valence-electron chi connectivity index (χ2n) is 5.67. The molecule has 94 valence electrons. The lowest BCUT2D eigenvalue weighted by Gasteiger charge is -2.59. The third-order valence-corrected chi connectivity index (χ3v) is 6.18. The molecule has 4 heteroatoms. The Morgan fingerprint density at radius 2 is 1.44 bits per heavy atom. The van der Waals surface area contributed by atoms with Crippen molar-refractivity contribution in [2.24, 2.45) is 5.41 Å². The number of hydrogen-bond donors (Lipinski definition) is 0. The van der Waals surface area contributed by atoms with Gasteiger partial charge in [0.25, 0.3) is 0 Å². The molecule has 16 heavy (non-hydrogen) atoms. The van der Waals surface area contributed by atoms with E-state index in [9.17, 15) is 0 Å². The van der Waals surface area contributed by atoms with E-state index in [-0.39, 0.29) is 8.37 Å². The Labute approximate surface area is 102 Å². The van der Waals surface area contributed by atoms with E-state index in [1.807, 2.05) is 0 Å². The zero-order valence-electron chi connectivity index (χ0n) is 11.2. The van der Waals surface area contributed by atoms with Gasteiger partial charge >= 0.3 is 0 Å². The van der Waals surface area contributed by atoms with E-state index >= 15 is 0 Å². The number of unbranched alkanes of at least 4 members (excludes halogenated alkanes) is 2. The molecule has 0 unspecified atom stereocenters. The Bertz CT molecular complexity index is 215. The molecule has 0 spiro atoms. The molecule has 3 fully saturated rings. The molecule has 3 aliphatic rings. The van der Waals surface area contributed by atoms with Crippen molar-refractivity contribution in [2.45, 2.75) is 32.6 Å². The minimum Gasteiger partial charge on any atom is -0.260 e. The number of fused-ring (bicyclic) bond motifs is 3. The predicted octanol–water partition coefficient (Wildman–Crippen LogP) is 2.60.